The van der Waals surface area contributed by atoms with Gasteiger partial charge in [-0.25, -0.2) is 0 Å². The van der Waals surface area contributed by atoms with E-state index in [9.17, 15) is 0 Å². The quantitative estimate of drug-likeness (QED) is 0.616. The van der Waals surface area contributed by atoms with Crippen molar-refractivity contribution in [3.05, 3.63) is 0 Å². The van der Waals surface area contributed by atoms with Crippen molar-refractivity contribution in [3.8, 4) is 0 Å². The van der Waals surface area contributed by atoms with Crippen molar-refractivity contribution in [2.75, 3.05) is 40.4 Å². The highest BCUT2D eigenvalue weighted by Crippen LogP contribution is 1.87. The molecule has 0 radical (unpaired) electrons. The molecule has 0 unspecified atom stereocenters. The average molecular weight is 220 g/mol. The molecule has 0 amide bonds. The van der Waals surface area contributed by atoms with Crippen LogP contribution in [0.25, 0.3) is 0 Å². The van der Waals surface area contributed by atoms with Gasteiger partial charge in [0.05, 0.1) is 6.61 Å². The predicted octanol–water partition coefficient (Wildman–Crippen LogP) is 2.27. The second-order valence-corrected chi connectivity index (χ2v) is 2.53. The molecule has 3 heteroatoms. The first-order valence-electron chi connectivity index (χ1n) is 6.28. The Morgan fingerprint density at radius 2 is 1.27 bits per heavy atom. The Bertz CT molecular complexity index is 62.6. The molecule has 0 aromatic rings. The molecule has 0 bridgehead atoms. The van der Waals surface area contributed by atoms with Gasteiger partial charge in [-0.2, -0.15) is 0 Å². The molecule has 0 aliphatic heterocycles. The number of hydrogen-bond acceptors (Lipinski definition) is 3. The van der Waals surface area contributed by atoms with Gasteiger partial charge in [-0.3, -0.25) is 0 Å². The van der Waals surface area contributed by atoms with Gasteiger partial charge in [0.25, 0.3) is 0 Å². The molecule has 0 aromatic heterocycles. The third kappa shape index (κ3) is 31.5. The molecular formula is C12H32N2O. The summed E-state index contributed by atoms with van der Waals surface area (Å²) in [6.45, 7) is 11.8. The molecule has 0 heterocycles. The lowest BCUT2D eigenvalue weighted by Crippen LogP contribution is -2.15. The van der Waals surface area contributed by atoms with Crippen molar-refractivity contribution in [1.29, 1.82) is 0 Å². The first-order valence-corrected chi connectivity index (χ1v) is 6.28. The van der Waals surface area contributed by atoms with Crippen LogP contribution in [0.15, 0.2) is 0 Å². The van der Waals surface area contributed by atoms with Gasteiger partial charge in [-0.05, 0) is 33.5 Å². The molecule has 2 N–H and O–H groups in total. The van der Waals surface area contributed by atoms with Crippen molar-refractivity contribution in [3.63, 3.8) is 0 Å². The maximum absolute atomic E-state index is 5.33. The van der Waals surface area contributed by atoms with E-state index in [2.05, 4.69) is 10.6 Å². The van der Waals surface area contributed by atoms with E-state index in [-0.39, 0.29) is 0 Å². The van der Waals surface area contributed by atoms with Crippen molar-refractivity contribution in [1.82, 2.24) is 10.6 Å². The Morgan fingerprint density at radius 3 is 1.73 bits per heavy atom. The fourth-order valence-corrected chi connectivity index (χ4v) is 0.782. The second kappa shape index (κ2) is 29.2. The highest BCUT2D eigenvalue weighted by atomic mass is 16.5. The summed E-state index contributed by atoms with van der Waals surface area (Å²) in [4.78, 5) is 0. The second-order valence-electron chi connectivity index (χ2n) is 2.53. The van der Waals surface area contributed by atoms with Crippen LogP contribution < -0.4 is 10.6 Å². The van der Waals surface area contributed by atoms with Crippen LogP contribution in [0.2, 0.25) is 0 Å². The van der Waals surface area contributed by atoms with E-state index >= 15 is 0 Å². The van der Waals surface area contributed by atoms with E-state index < -0.39 is 0 Å². The van der Waals surface area contributed by atoms with Gasteiger partial charge in [-0.1, -0.05) is 27.7 Å². The van der Waals surface area contributed by atoms with Crippen LogP contribution >= 0.6 is 0 Å². The maximum atomic E-state index is 5.33. The van der Waals surface area contributed by atoms with E-state index in [4.69, 9.17) is 4.74 Å². The monoisotopic (exact) mass is 220 g/mol. The Balaban J connectivity index is -0.000000318. The zero-order valence-electron chi connectivity index (χ0n) is 11.7. The molecule has 0 atom stereocenters. The molecule has 96 valence electrons. The summed E-state index contributed by atoms with van der Waals surface area (Å²) in [5.74, 6) is 0. The lowest BCUT2D eigenvalue weighted by Gasteiger charge is -2.02. The fourth-order valence-electron chi connectivity index (χ4n) is 0.782. The number of hydrogen-bond donors (Lipinski definition) is 2. The lowest BCUT2D eigenvalue weighted by atomic mass is 10.3. The highest BCUT2D eigenvalue weighted by molar-refractivity contribution is 4.42. The van der Waals surface area contributed by atoms with Crippen molar-refractivity contribution >= 4 is 0 Å². The maximum Gasteiger partial charge on any atom is 0.0590 e. The van der Waals surface area contributed by atoms with Crippen molar-refractivity contribution < 1.29 is 4.74 Å². The third-order valence-corrected chi connectivity index (χ3v) is 1.46. The number of unbranched alkanes of at least 4 members (excludes halogenated alkanes) is 1. The summed E-state index contributed by atoms with van der Waals surface area (Å²) in [5, 5.41) is 6.13. The van der Waals surface area contributed by atoms with Crippen LogP contribution in [0.1, 0.15) is 40.5 Å². The summed E-state index contributed by atoms with van der Waals surface area (Å²) >= 11 is 0. The van der Waals surface area contributed by atoms with Crippen LogP contribution in [0.4, 0.5) is 0 Å². The Kier molecular flexibility index (Phi) is 39.5. The Morgan fingerprint density at radius 1 is 0.733 bits per heavy atom. The minimum Gasteiger partial charge on any atom is -0.380 e. The smallest absolute Gasteiger partial charge is 0.0590 e. The van der Waals surface area contributed by atoms with Gasteiger partial charge in [0.2, 0.25) is 0 Å². The molecule has 0 saturated carbocycles. The summed E-state index contributed by atoms with van der Waals surface area (Å²) in [6, 6.07) is 0. The molecule has 0 aromatic carbocycles. The first-order chi connectivity index (χ1) is 7.41. The molecule has 15 heavy (non-hydrogen) atoms. The molecule has 0 aliphatic rings. The normalized spacial score (nSPS) is 8.40. The summed E-state index contributed by atoms with van der Waals surface area (Å²) in [6.07, 6.45) is 2.36. The molecule has 0 aliphatic carbocycles. The van der Waals surface area contributed by atoms with Gasteiger partial charge in [0.1, 0.15) is 0 Å². The summed E-state index contributed by atoms with van der Waals surface area (Å²) < 4.78 is 5.33. The van der Waals surface area contributed by atoms with Crippen LogP contribution in [0.3, 0.4) is 0 Å². The van der Waals surface area contributed by atoms with Crippen LogP contribution in [-0.4, -0.2) is 40.4 Å². The average Bonchev–Trinajstić information content (AvgIpc) is 2.33. The number of nitrogens with one attached hydrogen (secondary N) is 2. The number of ether oxygens (including phenoxy) is 1. The Labute approximate surface area is 97.0 Å². The van der Waals surface area contributed by atoms with E-state index in [1.165, 1.54) is 6.42 Å². The lowest BCUT2D eigenvalue weighted by molar-refractivity contribution is 0.133. The topological polar surface area (TPSA) is 33.3 Å². The van der Waals surface area contributed by atoms with E-state index in [1.807, 2.05) is 41.8 Å². The van der Waals surface area contributed by atoms with Gasteiger partial charge < -0.3 is 15.4 Å². The highest BCUT2D eigenvalue weighted by Gasteiger charge is 1.87. The van der Waals surface area contributed by atoms with Gasteiger partial charge in [0.15, 0.2) is 0 Å². The van der Waals surface area contributed by atoms with Crippen molar-refractivity contribution in [2.45, 2.75) is 40.5 Å². The van der Waals surface area contributed by atoms with Gasteiger partial charge in [-0.15, -0.1) is 0 Å². The minimum absolute atomic E-state index is 0.829. The SMILES string of the molecule is CC.CC.CNCCCCOCCNC. The summed E-state index contributed by atoms with van der Waals surface area (Å²) in [5.41, 5.74) is 0. The molecule has 0 spiro atoms. The Hall–Kier alpha value is -0.120. The minimum atomic E-state index is 0.829. The van der Waals surface area contributed by atoms with Crippen LogP contribution in [0, 0.1) is 0 Å². The molecule has 3 nitrogen and oxygen atoms in total. The van der Waals surface area contributed by atoms with Gasteiger partial charge in [0, 0.05) is 13.2 Å². The number of likely N-dealkylation sites (N-methyl/N-ethyl adjacent to an activating group) is 1. The molecule has 0 rings (SSSR count). The number of rotatable bonds is 8. The zero-order valence-corrected chi connectivity index (χ0v) is 11.7. The standard InChI is InChI=1S/C8H20N2O.2C2H6/c1-9-5-3-4-7-11-8-6-10-2;2*1-2/h9-10H,3-8H2,1-2H3;2*1-2H3. The third-order valence-electron chi connectivity index (χ3n) is 1.46. The largest absolute Gasteiger partial charge is 0.380 e. The van der Waals surface area contributed by atoms with E-state index in [0.29, 0.717) is 0 Å². The summed E-state index contributed by atoms with van der Waals surface area (Å²) in [7, 11) is 3.91. The van der Waals surface area contributed by atoms with Crippen LogP contribution in [0.5, 0.6) is 0 Å². The predicted molar refractivity (Wildman–Crippen MR) is 70.6 cm³/mol. The van der Waals surface area contributed by atoms with Crippen molar-refractivity contribution in [2.24, 2.45) is 0 Å². The molecular weight excluding hydrogens is 188 g/mol. The van der Waals surface area contributed by atoms with Gasteiger partial charge >= 0.3 is 0 Å². The fraction of sp³-hybridized carbons (Fsp3) is 1.00. The van der Waals surface area contributed by atoms with E-state index in [1.54, 1.807) is 0 Å². The van der Waals surface area contributed by atoms with E-state index in [0.717, 1.165) is 32.7 Å². The van der Waals surface area contributed by atoms with Crippen LogP contribution in [-0.2, 0) is 4.74 Å². The zero-order chi connectivity index (χ0) is 12.4. The molecule has 0 fully saturated rings. The first kappa shape index (κ1) is 20.3. The molecule has 0 saturated heterocycles.